The number of fused-ring (bicyclic) bond motifs is 2. The highest BCUT2D eigenvalue weighted by Crippen LogP contribution is 2.43. The molecule has 1 aliphatic rings. The molecular formula is C18H17N3O3. The summed E-state index contributed by atoms with van der Waals surface area (Å²) in [5, 5.41) is 11.8. The second-order valence-electron chi connectivity index (χ2n) is 5.77. The van der Waals surface area contributed by atoms with Gasteiger partial charge in [0.15, 0.2) is 0 Å². The van der Waals surface area contributed by atoms with Gasteiger partial charge in [0.2, 0.25) is 5.91 Å². The maximum Gasteiger partial charge on any atom is 0.226 e. The molecule has 0 aliphatic carbocycles. The molecule has 6 heteroatoms. The zero-order chi connectivity index (χ0) is 16.7. The van der Waals surface area contributed by atoms with Crippen LogP contribution in [0.2, 0.25) is 0 Å². The zero-order valence-electron chi connectivity index (χ0n) is 13.4. The summed E-state index contributed by atoms with van der Waals surface area (Å²) in [4.78, 5) is 12.1. The fraction of sp³-hybridized carbons (Fsp3) is 0.222. The molecule has 0 saturated heterocycles. The van der Waals surface area contributed by atoms with Crippen molar-refractivity contribution < 1.29 is 14.3 Å². The minimum Gasteiger partial charge on any atom is -0.497 e. The number of hydrogen-bond donors (Lipinski definition) is 2. The van der Waals surface area contributed by atoms with Gasteiger partial charge in [0, 0.05) is 23.5 Å². The fourth-order valence-corrected chi connectivity index (χ4v) is 3.37. The largest absolute Gasteiger partial charge is 0.497 e. The van der Waals surface area contributed by atoms with Crippen LogP contribution in [0.5, 0.6) is 11.5 Å². The van der Waals surface area contributed by atoms with Crippen LogP contribution >= 0.6 is 0 Å². The molecule has 2 heterocycles. The van der Waals surface area contributed by atoms with Crippen molar-refractivity contribution in [1.82, 2.24) is 10.2 Å². The van der Waals surface area contributed by atoms with Crippen LogP contribution in [0.25, 0.3) is 10.8 Å². The lowest BCUT2D eigenvalue weighted by Gasteiger charge is -2.25. The van der Waals surface area contributed by atoms with Crippen LogP contribution in [0.1, 0.15) is 23.5 Å². The number of benzene rings is 2. The summed E-state index contributed by atoms with van der Waals surface area (Å²) < 4.78 is 11.0. The van der Waals surface area contributed by atoms with E-state index in [1.54, 1.807) is 20.4 Å². The molecule has 3 aromatic rings. The number of H-pyrrole nitrogens is 1. The second-order valence-corrected chi connectivity index (χ2v) is 5.77. The van der Waals surface area contributed by atoms with Gasteiger partial charge in [0.1, 0.15) is 17.3 Å². The standard InChI is InChI=1S/C18H17N3O3/c1-23-11-5-3-10-4-6-15(24-2)17(12(10)7-11)13-8-16(22)20-18-14(13)9-19-21-18/h3-7,9,13H,8H2,1-2H3,(H2,19,20,21,22). The van der Waals surface area contributed by atoms with E-state index >= 15 is 0 Å². The molecule has 1 aliphatic heterocycles. The van der Waals surface area contributed by atoms with Crippen molar-refractivity contribution in [3.8, 4) is 11.5 Å². The third-order valence-electron chi connectivity index (χ3n) is 4.50. The summed E-state index contributed by atoms with van der Waals surface area (Å²) in [6, 6.07) is 9.87. The van der Waals surface area contributed by atoms with Crippen molar-refractivity contribution in [3.05, 3.63) is 47.7 Å². The van der Waals surface area contributed by atoms with E-state index < -0.39 is 0 Å². The third kappa shape index (κ3) is 2.19. The molecule has 4 rings (SSSR count). The average molecular weight is 323 g/mol. The number of aromatic nitrogens is 2. The topological polar surface area (TPSA) is 76.2 Å². The number of carbonyl (C=O) groups excluding carboxylic acids is 1. The smallest absolute Gasteiger partial charge is 0.226 e. The van der Waals surface area contributed by atoms with Gasteiger partial charge in [-0.15, -0.1) is 0 Å². The van der Waals surface area contributed by atoms with Crippen LogP contribution in [-0.4, -0.2) is 30.3 Å². The van der Waals surface area contributed by atoms with E-state index in [0.29, 0.717) is 12.2 Å². The van der Waals surface area contributed by atoms with Crippen LogP contribution in [-0.2, 0) is 4.79 Å². The summed E-state index contributed by atoms with van der Waals surface area (Å²) in [6.07, 6.45) is 2.11. The zero-order valence-corrected chi connectivity index (χ0v) is 13.4. The van der Waals surface area contributed by atoms with E-state index in [1.165, 1.54) is 0 Å². The Morgan fingerprint density at radius 1 is 1.17 bits per heavy atom. The first-order valence-electron chi connectivity index (χ1n) is 7.69. The van der Waals surface area contributed by atoms with Crippen molar-refractivity contribution >= 4 is 22.5 Å². The first kappa shape index (κ1) is 14.6. The monoisotopic (exact) mass is 323 g/mol. The quantitative estimate of drug-likeness (QED) is 0.777. The molecule has 24 heavy (non-hydrogen) atoms. The van der Waals surface area contributed by atoms with Gasteiger partial charge in [-0.25, -0.2) is 0 Å². The van der Waals surface area contributed by atoms with Crippen LogP contribution in [0.3, 0.4) is 0 Å². The van der Waals surface area contributed by atoms with Gasteiger partial charge in [0.25, 0.3) is 0 Å². The van der Waals surface area contributed by atoms with Gasteiger partial charge in [-0.1, -0.05) is 12.1 Å². The van der Waals surface area contributed by atoms with Gasteiger partial charge in [0.05, 0.1) is 20.4 Å². The van der Waals surface area contributed by atoms with Crippen molar-refractivity contribution in [3.63, 3.8) is 0 Å². The molecule has 6 nitrogen and oxygen atoms in total. The lowest BCUT2D eigenvalue weighted by molar-refractivity contribution is -0.116. The van der Waals surface area contributed by atoms with E-state index in [4.69, 9.17) is 9.47 Å². The van der Waals surface area contributed by atoms with Crippen molar-refractivity contribution in [2.75, 3.05) is 19.5 Å². The Labute approximate surface area is 138 Å². The van der Waals surface area contributed by atoms with Gasteiger partial charge < -0.3 is 14.8 Å². The molecule has 0 spiro atoms. The Morgan fingerprint density at radius 2 is 2.00 bits per heavy atom. The molecule has 2 aromatic carbocycles. The van der Waals surface area contributed by atoms with Crippen LogP contribution in [0, 0.1) is 0 Å². The van der Waals surface area contributed by atoms with E-state index in [-0.39, 0.29) is 11.8 Å². The Hall–Kier alpha value is -3.02. The first-order chi connectivity index (χ1) is 11.7. The van der Waals surface area contributed by atoms with E-state index in [0.717, 1.165) is 33.4 Å². The molecule has 1 atom stereocenters. The van der Waals surface area contributed by atoms with Gasteiger partial charge in [-0.3, -0.25) is 9.89 Å². The molecule has 1 amide bonds. The summed E-state index contributed by atoms with van der Waals surface area (Å²) in [6.45, 7) is 0. The number of carbonyl (C=O) groups is 1. The Bertz CT molecular complexity index is 927. The molecule has 0 radical (unpaired) electrons. The summed E-state index contributed by atoms with van der Waals surface area (Å²) >= 11 is 0. The lowest BCUT2D eigenvalue weighted by atomic mass is 9.84. The number of nitrogens with one attached hydrogen (secondary N) is 2. The maximum atomic E-state index is 12.1. The SMILES string of the molecule is COc1ccc2ccc(OC)c(C3CC(=O)Nc4[nH]ncc43)c2c1. The predicted molar refractivity (Wildman–Crippen MR) is 90.7 cm³/mol. The normalized spacial score (nSPS) is 16.6. The highest BCUT2D eigenvalue weighted by atomic mass is 16.5. The Morgan fingerprint density at radius 3 is 2.79 bits per heavy atom. The number of nitrogens with zero attached hydrogens (tertiary/aromatic N) is 1. The predicted octanol–water partition coefficient (Wildman–Crippen LogP) is 3.05. The maximum absolute atomic E-state index is 12.1. The van der Waals surface area contributed by atoms with Crippen LogP contribution in [0.4, 0.5) is 5.82 Å². The molecule has 2 N–H and O–H groups in total. The van der Waals surface area contributed by atoms with E-state index in [2.05, 4.69) is 15.5 Å². The number of hydrogen-bond acceptors (Lipinski definition) is 4. The van der Waals surface area contributed by atoms with Crippen LogP contribution < -0.4 is 14.8 Å². The third-order valence-corrected chi connectivity index (χ3v) is 4.50. The number of methoxy groups -OCH3 is 2. The van der Waals surface area contributed by atoms with E-state index in [9.17, 15) is 4.79 Å². The van der Waals surface area contributed by atoms with Crippen molar-refractivity contribution in [2.45, 2.75) is 12.3 Å². The summed E-state index contributed by atoms with van der Waals surface area (Å²) in [7, 11) is 3.28. The number of amides is 1. The lowest BCUT2D eigenvalue weighted by Crippen LogP contribution is -2.23. The van der Waals surface area contributed by atoms with Crippen LogP contribution in [0.15, 0.2) is 36.5 Å². The molecule has 122 valence electrons. The molecule has 0 fully saturated rings. The fourth-order valence-electron chi connectivity index (χ4n) is 3.37. The summed E-state index contributed by atoms with van der Waals surface area (Å²) in [5.74, 6) is 2.00. The highest BCUT2D eigenvalue weighted by Gasteiger charge is 2.31. The molecule has 1 aromatic heterocycles. The molecular weight excluding hydrogens is 306 g/mol. The van der Waals surface area contributed by atoms with Gasteiger partial charge in [-0.2, -0.15) is 5.10 Å². The average Bonchev–Trinajstić information content (AvgIpc) is 3.07. The van der Waals surface area contributed by atoms with E-state index in [1.807, 2.05) is 30.3 Å². The number of rotatable bonds is 3. The minimum atomic E-state index is -0.127. The van der Waals surface area contributed by atoms with Gasteiger partial charge >= 0.3 is 0 Å². The number of anilines is 1. The number of aromatic amines is 1. The van der Waals surface area contributed by atoms with Gasteiger partial charge in [-0.05, 0) is 29.0 Å². The second kappa shape index (κ2) is 5.56. The molecule has 0 bridgehead atoms. The Kier molecular flexibility index (Phi) is 3.37. The molecule has 0 saturated carbocycles. The molecule has 1 unspecified atom stereocenters. The summed E-state index contributed by atoms with van der Waals surface area (Å²) in [5.41, 5.74) is 1.94. The van der Waals surface area contributed by atoms with Crippen molar-refractivity contribution in [1.29, 1.82) is 0 Å². The number of ether oxygens (including phenoxy) is 2. The minimum absolute atomic E-state index is 0.0429. The highest BCUT2D eigenvalue weighted by molar-refractivity contribution is 5.97. The Balaban J connectivity index is 2.00. The van der Waals surface area contributed by atoms with Crippen molar-refractivity contribution in [2.24, 2.45) is 0 Å². The first-order valence-corrected chi connectivity index (χ1v) is 7.69.